The molecule has 0 spiro atoms. The fourth-order valence-corrected chi connectivity index (χ4v) is 2.51. The van der Waals surface area contributed by atoms with Gasteiger partial charge in [-0.15, -0.1) is 5.10 Å². The van der Waals surface area contributed by atoms with Gasteiger partial charge in [0, 0.05) is 12.1 Å². The van der Waals surface area contributed by atoms with Crippen LogP contribution >= 0.6 is 11.6 Å². The monoisotopic (exact) mass is 385 g/mol. The number of hydrogen-bond donors (Lipinski definition) is 0. The van der Waals surface area contributed by atoms with Gasteiger partial charge >= 0.3 is 12.1 Å². The van der Waals surface area contributed by atoms with Gasteiger partial charge < -0.3 is 9.47 Å². The second kappa shape index (κ2) is 6.83. The van der Waals surface area contributed by atoms with E-state index in [1.807, 2.05) is 0 Å². The molecule has 0 saturated carbocycles. The number of halogens is 4. The molecule has 10 heteroatoms. The van der Waals surface area contributed by atoms with Crippen molar-refractivity contribution in [3.05, 3.63) is 47.0 Å². The lowest BCUT2D eigenvalue weighted by molar-refractivity contribution is -0.141. The Bertz CT molecular complexity index is 972. The summed E-state index contributed by atoms with van der Waals surface area (Å²) in [7, 11) is 1.25. The first-order valence-corrected chi connectivity index (χ1v) is 7.60. The summed E-state index contributed by atoms with van der Waals surface area (Å²) in [6.45, 7) is -0.136. The zero-order chi connectivity index (χ0) is 18.9. The van der Waals surface area contributed by atoms with E-state index in [-0.39, 0.29) is 12.3 Å². The first-order valence-electron chi connectivity index (χ1n) is 7.22. The third-order valence-corrected chi connectivity index (χ3v) is 3.79. The lowest BCUT2D eigenvalue weighted by atomic mass is 10.2. The molecule has 0 aliphatic heterocycles. The molecule has 1 aromatic heterocycles. The van der Waals surface area contributed by atoms with Crippen LogP contribution in [-0.4, -0.2) is 28.1 Å². The van der Waals surface area contributed by atoms with Crippen LogP contribution in [0.2, 0.25) is 5.02 Å². The van der Waals surface area contributed by atoms with Crippen LogP contribution in [0.4, 0.5) is 13.2 Å². The molecule has 3 rings (SSSR count). The first kappa shape index (κ1) is 18.0. The number of alkyl halides is 3. The average molecular weight is 386 g/mol. The number of carbonyl (C=O) groups excluding carboxylic acids is 1. The Labute approximate surface area is 150 Å². The largest absolute Gasteiger partial charge is 0.468 e. The maximum absolute atomic E-state index is 12.7. The van der Waals surface area contributed by atoms with Crippen molar-refractivity contribution in [3.63, 3.8) is 0 Å². The van der Waals surface area contributed by atoms with E-state index in [1.54, 1.807) is 18.2 Å². The summed E-state index contributed by atoms with van der Waals surface area (Å²) in [5.74, 6) is -0.0475. The van der Waals surface area contributed by atoms with Crippen LogP contribution in [0.1, 0.15) is 5.56 Å². The van der Waals surface area contributed by atoms with E-state index in [0.29, 0.717) is 16.8 Å². The van der Waals surface area contributed by atoms with Gasteiger partial charge in [-0.2, -0.15) is 13.2 Å². The van der Waals surface area contributed by atoms with Crippen LogP contribution in [0.15, 0.2) is 36.4 Å². The smallest absolute Gasteiger partial charge is 0.417 e. The number of methoxy groups -OCH3 is 1. The van der Waals surface area contributed by atoms with Gasteiger partial charge in [-0.05, 0) is 24.3 Å². The molecule has 0 amide bonds. The average Bonchev–Trinajstić information content (AvgIpc) is 2.96. The van der Waals surface area contributed by atoms with E-state index in [4.69, 9.17) is 16.3 Å². The second-order valence-electron chi connectivity index (χ2n) is 5.22. The molecule has 0 saturated heterocycles. The molecule has 0 aliphatic rings. The number of carbonyl (C=O) groups is 1. The summed E-state index contributed by atoms with van der Waals surface area (Å²) in [6, 6.07) is 7.84. The summed E-state index contributed by atoms with van der Waals surface area (Å²) in [4.78, 5) is 11.4. The molecule has 0 atom stereocenters. The van der Waals surface area contributed by atoms with Gasteiger partial charge in [0.2, 0.25) is 0 Å². The Hall–Kier alpha value is -2.81. The van der Waals surface area contributed by atoms with Crippen molar-refractivity contribution in [1.29, 1.82) is 0 Å². The minimum Gasteiger partial charge on any atom is -0.468 e. The minimum absolute atomic E-state index is 0.134. The van der Waals surface area contributed by atoms with Crippen LogP contribution in [0.5, 0.6) is 11.5 Å². The summed E-state index contributed by atoms with van der Waals surface area (Å²) < 4.78 is 49.7. The van der Waals surface area contributed by atoms with Crippen molar-refractivity contribution < 1.29 is 27.4 Å². The zero-order valence-corrected chi connectivity index (χ0v) is 14.0. The highest BCUT2D eigenvalue weighted by Crippen LogP contribution is 2.37. The topological polar surface area (TPSA) is 66.2 Å². The highest BCUT2D eigenvalue weighted by Gasteiger charge is 2.33. The highest BCUT2D eigenvalue weighted by atomic mass is 35.5. The quantitative estimate of drug-likeness (QED) is 0.633. The summed E-state index contributed by atoms with van der Waals surface area (Å²) in [5, 5.41) is 7.29. The van der Waals surface area contributed by atoms with Gasteiger partial charge in [0.1, 0.15) is 23.6 Å². The molecule has 136 valence electrons. The number of hydrogen-bond acceptors (Lipinski definition) is 5. The number of rotatable bonds is 4. The van der Waals surface area contributed by atoms with Crippen molar-refractivity contribution in [2.75, 3.05) is 7.11 Å². The Kier molecular flexibility index (Phi) is 4.73. The predicted octanol–water partition coefficient (Wildman–Crippen LogP) is 4.07. The lowest BCUT2D eigenvalue weighted by Gasteiger charge is -2.11. The van der Waals surface area contributed by atoms with E-state index in [9.17, 15) is 18.0 Å². The van der Waals surface area contributed by atoms with Crippen molar-refractivity contribution in [2.45, 2.75) is 12.7 Å². The van der Waals surface area contributed by atoms with Gasteiger partial charge in [0.15, 0.2) is 0 Å². The van der Waals surface area contributed by atoms with E-state index in [2.05, 4.69) is 15.0 Å². The van der Waals surface area contributed by atoms with E-state index in [0.717, 1.165) is 12.1 Å². The third-order valence-electron chi connectivity index (χ3n) is 3.47. The molecule has 0 fully saturated rings. The molecule has 6 nitrogen and oxygen atoms in total. The number of esters is 1. The minimum atomic E-state index is -4.54. The van der Waals surface area contributed by atoms with Gasteiger partial charge in [-0.1, -0.05) is 16.8 Å². The number of benzene rings is 2. The van der Waals surface area contributed by atoms with Crippen molar-refractivity contribution >= 4 is 28.6 Å². The van der Waals surface area contributed by atoms with Crippen molar-refractivity contribution in [3.8, 4) is 11.5 Å². The number of fused-ring (bicyclic) bond motifs is 1. The first-order chi connectivity index (χ1) is 12.3. The molecule has 2 aromatic carbocycles. The SMILES string of the molecule is COC(=O)Cn1nnc2ccc(Oc3ccc(C(F)(F)F)c(Cl)c3)cc21. The van der Waals surface area contributed by atoms with E-state index in [1.165, 1.54) is 17.9 Å². The molecule has 0 unspecified atom stereocenters. The summed E-state index contributed by atoms with van der Waals surface area (Å²) in [5.41, 5.74) is 0.0833. The Morgan fingerprint density at radius 1 is 1.19 bits per heavy atom. The standard InChI is InChI=1S/C16H11ClF3N3O3/c1-25-15(24)8-23-14-7-10(3-5-13(14)21-22-23)26-9-2-4-11(12(17)6-9)16(18,19)20/h2-7H,8H2,1H3. The fraction of sp³-hybridized carbons (Fsp3) is 0.188. The predicted molar refractivity (Wildman–Crippen MR) is 86.1 cm³/mol. The van der Waals surface area contributed by atoms with Crippen molar-refractivity contribution in [2.24, 2.45) is 0 Å². The van der Waals surface area contributed by atoms with Gasteiger partial charge in [-0.25, -0.2) is 4.68 Å². The third kappa shape index (κ3) is 3.72. The molecule has 1 heterocycles. The zero-order valence-electron chi connectivity index (χ0n) is 13.2. The molecule has 0 N–H and O–H groups in total. The molecular weight excluding hydrogens is 375 g/mol. The maximum Gasteiger partial charge on any atom is 0.417 e. The van der Waals surface area contributed by atoms with Crippen LogP contribution in [0, 0.1) is 0 Å². The number of nitrogens with zero attached hydrogens (tertiary/aromatic N) is 3. The highest BCUT2D eigenvalue weighted by molar-refractivity contribution is 6.31. The fourth-order valence-electron chi connectivity index (χ4n) is 2.24. The van der Waals surface area contributed by atoms with Gasteiger partial charge in [0.25, 0.3) is 0 Å². The Morgan fingerprint density at radius 2 is 1.88 bits per heavy atom. The van der Waals surface area contributed by atoms with E-state index >= 15 is 0 Å². The van der Waals surface area contributed by atoms with Crippen molar-refractivity contribution in [1.82, 2.24) is 15.0 Å². The lowest BCUT2D eigenvalue weighted by Crippen LogP contribution is -2.12. The van der Waals surface area contributed by atoms with Gasteiger partial charge in [-0.3, -0.25) is 4.79 Å². The number of aromatic nitrogens is 3. The molecule has 0 bridgehead atoms. The van der Waals surface area contributed by atoms with Crippen LogP contribution < -0.4 is 4.74 Å². The van der Waals surface area contributed by atoms with E-state index < -0.39 is 22.7 Å². The maximum atomic E-state index is 12.7. The number of ether oxygens (including phenoxy) is 2. The van der Waals surface area contributed by atoms with Crippen LogP contribution in [-0.2, 0) is 22.3 Å². The second-order valence-corrected chi connectivity index (χ2v) is 5.62. The van der Waals surface area contributed by atoms with Crippen LogP contribution in [0.3, 0.4) is 0 Å². The summed E-state index contributed by atoms with van der Waals surface area (Å²) in [6.07, 6.45) is -4.54. The molecule has 26 heavy (non-hydrogen) atoms. The van der Waals surface area contributed by atoms with Gasteiger partial charge in [0.05, 0.1) is 23.2 Å². The Balaban J connectivity index is 1.88. The molecule has 0 aliphatic carbocycles. The normalized spacial score (nSPS) is 11.6. The Morgan fingerprint density at radius 3 is 2.54 bits per heavy atom. The summed E-state index contributed by atoms with van der Waals surface area (Å²) >= 11 is 5.68. The van der Waals surface area contributed by atoms with Crippen LogP contribution in [0.25, 0.3) is 11.0 Å². The molecular formula is C16H11ClF3N3O3. The molecule has 0 radical (unpaired) electrons. The molecule has 3 aromatic rings.